The molecule has 1 fully saturated rings. The molecule has 0 saturated heterocycles. The topological polar surface area (TPSA) is 128 Å². The number of ether oxygens (including phenoxy) is 1. The van der Waals surface area contributed by atoms with Crippen molar-refractivity contribution in [1.82, 2.24) is 30.5 Å². The fourth-order valence-corrected chi connectivity index (χ4v) is 3.58. The molecule has 32 heavy (non-hydrogen) atoms. The van der Waals surface area contributed by atoms with Gasteiger partial charge in [-0.1, -0.05) is 10.4 Å². The van der Waals surface area contributed by atoms with Gasteiger partial charge in [-0.3, -0.25) is 9.59 Å². The highest BCUT2D eigenvalue weighted by atomic mass is 16.5. The zero-order valence-electron chi connectivity index (χ0n) is 16.7. The van der Waals surface area contributed by atoms with Crippen LogP contribution in [0.2, 0.25) is 0 Å². The van der Waals surface area contributed by atoms with E-state index in [0.29, 0.717) is 5.76 Å². The van der Waals surface area contributed by atoms with Crippen LogP contribution < -0.4 is 15.0 Å². The Labute approximate surface area is 186 Å². The first-order chi connectivity index (χ1) is 15.3. The summed E-state index contributed by atoms with van der Waals surface area (Å²) in [5.74, 6) is -0.596. The van der Waals surface area contributed by atoms with Gasteiger partial charge >= 0.3 is 0 Å². The molecule has 2 aliphatic rings. The van der Waals surface area contributed by atoms with Crippen LogP contribution in [0.1, 0.15) is 29.1 Å². The normalized spacial score (nSPS) is 19.6. The van der Waals surface area contributed by atoms with Crippen LogP contribution in [0.25, 0.3) is 0 Å². The van der Waals surface area contributed by atoms with Gasteiger partial charge in [0.15, 0.2) is 23.0 Å². The Balaban J connectivity index is 1.37. The van der Waals surface area contributed by atoms with Gasteiger partial charge in [0, 0.05) is 12.3 Å². The second-order valence-electron chi connectivity index (χ2n) is 7.65. The number of hydrogen-bond acceptors (Lipinski definition) is 8. The van der Waals surface area contributed by atoms with E-state index >= 15 is 0 Å². The lowest BCUT2D eigenvalue weighted by atomic mass is 9.48. The molecule has 0 spiro atoms. The maximum atomic E-state index is 13.1. The molecule has 1 aliphatic heterocycles. The Bertz CT molecular complexity index is 1170. The van der Waals surface area contributed by atoms with Gasteiger partial charge in [-0.05, 0) is 25.0 Å². The Morgan fingerprint density at radius 3 is 2.66 bits per heavy atom. The van der Waals surface area contributed by atoms with Crippen molar-refractivity contribution >= 4 is 41.2 Å². The van der Waals surface area contributed by atoms with E-state index < -0.39 is 28.6 Å². The summed E-state index contributed by atoms with van der Waals surface area (Å²) in [5, 5.41) is 12.7. The Morgan fingerprint density at radius 2 is 1.97 bits per heavy atom. The number of aromatic nitrogens is 5. The van der Waals surface area contributed by atoms with Crippen molar-refractivity contribution in [1.29, 1.82) is 0 Å². The van der Waals surface area contributed by atoms with E-state index in [-0.39, 0.29) is 23.9 Å². The first-order valence-electron chi connectivity index (χ1n) is 9.73. The maximum Gasteiger partial charge on any atom is 0.274 e. The van der Waals surface area contributed by atoms with E-state index in [0.717, 1.165) is 17.7 Å². The zero-order valence-corrected chi connectivity index (χ0v) is 16.7. The molecule has 1 N–H and O–H groups in total. The molecule has 6 radical (unpaired) electrons. The molecule has 3 aromatic heterocycles. The summed E-state index contributed by atoms with van der Waals surface area (Å²) in [4.78, 5) is 32.5. The van der Waals surface area contributed by atoms with Gasteiger partial charge in [0.05, 0.1) is 35.9 Å². The molecule has 1 atom stereocenters. The number of rotatable bonds is 5. The van der Waals surface area contributed by atoms with E-state index in [1.807, 2.05) is 0 Å². The Kier molecular flexibility index (Phi) is 4.61. The number of pyridine rings is 1. The minimum Gasteiger partial charge on any atom is -0.487 e. The van der Waals surface area contributed by atoms with Crippen molar-refractivity contribution in [3.05, 3.63) is 48.2 Å². The minimum absolute atomic E-state index is 0.0165. The summed E-state index contributed by atoms with van der Waals surface area (Å²) >= 11 is 0. The van der Waals surface area contributed by atoms with Crippen LogP contribution in [0.3, 0.4) is 0 Å². The molecule has 0 bridgehead atoms. The van der Waals surface area contributed by atoms with E-state index in [1.165, 1.54) is 17.1 Å². The van der Waals surface area contributed by atoms with Crippen LogP contribution >= 0.6 is 0 Å². The minimum atomic E-state index is -2.08. The SMILES string of the molecule is [B]C([B])([B])N1C(=O)[C@@H](NC(=O)c2cc(C3(n4nccn4)CC3)on2)COc2cccnc21. The van der Waals surface area contributed by atoms with Crippen molar-refractivity contribution in [2.45, 2.75) is 29.7 Å². The molecular weight excluding hydrogens is 411 g/mol. The smallest absolute Gasteiger partial charge is 0.274 e. The van der Waals surface area contributed by atoms with Crippen molar-refractivity contribution in [3.63, 3.8) is 0 Å². The number of hydrogen-bond donors (Lipinski definition) is 1. The standard InChI is InChI=1S/C18H14B3N7O4/c19-18(20,21)27-14-12(2-1-5-22-14)31-9-11(16(27)30)25-15(29)10-8-13(32-26-10)17(3-4-17)28-23-6-7-24-28/h1-2,5-8,11H,3-4,9H2,(H,25,29)/t11-/m0/s1. The van der Waals surface area contributed by atoms with Crippen molar-refractivity contribution in [2.75, 3.05) is 11.5 Å². The molecule has 0 aromatic carbocycles. The van der Waals surface area contributed by atoms with Gasteiger partial charge in [-0.15, -0.1) is 0 Å². The van der Waals surface area contributed by atoms with Crippen molar-refractivity contribution in [3.8, 4) is 5.75 Å². The molecule has 3 aromatic rings. The highest BCUT2D eigenvalue weighted by Gasteiger charge is 2.52. The monoisotopic (exact) mass is 425 g/mol. The lowest BCUT2D eigenvalue weighted by Crippen LogP contribution is -2.60. The molecule has 14 heteroatoms. The van der Waals surface area contributed by atoms with Gasteiger partial charge in [0.1, 0.15) is 18.2 Å². The quantitative estimate of drug-likeness (QED) is 0.508. The third kappa shape index (κ3) is 3.35. The number of anilines is 1. The first-order valence-corrected chi connectivity index (χ1v) is 9.73. The Hall–Kier alpha value is -3.57. The predicted octanol–water partition coefficient (Wildman–Crippen LogP) is -1.16. The Morgan fingerprint density at radius 1 is 1.22 bits per heavy atom. The summed E-state index contributed by atoms with van der Waals surface area (Å²) in [5.41, 5.74) is -0.573. The molecule has 2 amide bonds. The van der Waals surface area contributed by atoms with E-state index in [4.69, 9.17) is 32.8 Å². The summed E-state index contributed by atoms with van der Waals surface area (Å²) in [7, 11) is 17.4. The number of amides is 2. The second kappa shape index (κ2) is 7.25. The van der Waals surface area contributed by atoms with Crippen LogP contribution in [0, 0.1) is 0 Å². The molecule has 1 saturated carbocycles. The van der Waals surface area contributed by atoms with E-state index in [2.05, 4.69) is 25.7 Å². The average molecular weight is 425 g/mol. The van der Waals surface area contributed by atoms with Crippen LogP contribution in [0.5, 0.6) is 5.75 Å². The van der Waals surface area contributed by atoms with E-state index in [9.17, 15) is 9.59 Å². The molecular formula is C18H14B3N7O4. The van der Waals surface area contributed by atoms with E-state index in [1.54, 1.807) is 24.5 Å². The number of nitrogens with one attached hydrogen (secondary N) is 1. The largest absolute Gasteiger partial charge is 0.487 e. The summed E-state index contributed by atoms with van der Waals surface area (Å²) < 4.78 is 11.0. The van der Waals surface area contributed by atoms with Gasteiger partial charge < -0.3 is 19.5 Å². The maximum absolute atomic E-state index is 13.1. The number of carbonyl (C=O) groups excluding carboxylic acids is 2. The second-order valence-corrected chi connectivity index (χ2v) is 7.65. The number of carbonyl (C=O) groups is 2. The lowest BCUT2D eigenvalue weighted by Gasteiger charge is -2.37. The fraction of sp³-hybridized carbons (Fsp3) is 0.333. The highest BCUT2D eigenvalue weighted by molar-refractivity contribution is 6.62. The first kappa shape index (κ1) is 20.3. The van der Waals surface area contributed by atoms with Crippen LogP contribution in [0.15, 0.2) is 41.3 Å². The van der Waals surface area contributed by atoms with Crippen LogP contribution in [0.4, 0.5) is 5.82 Å². The summed E-state index contributed by atoms with van der Waals surface area (Å²) in [6, 6.07) is 3.54. The fourth-order valence-electron chi connectivity index (χ4n) is 3.58. The highest BCUT2D eigenvalue weighted by Crippen LogP contribution is 2.48. The summed E-state index contributed by atoms with van der Waals surface area (Å²) in [6.45, 7) is -0.193. The molecule has 1 aliphatic carbocycles. The van der Waals surface area contributed by atoms with Gasteiger partial charge in [0.25, 0.3) is 11.8 Å². The third-order valence-corrected chi connectivity index (χ3v) is 5.31. The molecule has 0 unspecified atom stereocenters. The molecule has 4 heterocycles. The average Bonchev–Trinajstić information content (AvgIpc) is 3.17. The molecule has 5 rings (SSSR count). The van der Waals surface area contributed by atoms with Gasteiger partial charge in [0.2, 0.25) is 0 Å². The summed E-state index contributed by atoms with van der Waals surface area (Å²) in [6.07, 6.45) is 6.06. The number of nitrogens with zero attached hydrogens (tertiary/aromatic N) is 6. The zero-order chi connectivity index (χ0) is 22.5. The van der Waals surface area contributed by atoms with Gasteiger partial charge in [-0.2, -0.15) is 15.0 Å². The van der Waals surface area contributed by atoms with Gasteiger partial charge in [-0.25, -0.2) is 4.98 Å². The molecule has 11 nitrogen and oxygen atoms in total. The van der Waals surface area contributed by atoms with Crippen LogP contribution in [-0.2, 0) is 10.3 Å². The third-order valence-electron chi connectivity index (χ3n) is 5.31. The predicted molar refractivity (Wildman–Crippen MR) is 111 cm³/mol. The number of fused-ring (bicyclic) bond motifs is 1. The van der Waals surface area contributed by atoms with Crippen molar-refractivity contribution in [2.24, 2.45) is 0 Å². The van der Waals surface area contributed by atoms with Crippen molar-refractivity contribution < 1.29 is 18.8 Å². The molecule has 154 valence electrons. The van der Waals surface area contributed by atoms with Crippen LogP contribution in [-0.4, -0.2) is 78.4 Å². The lowest BCUT2D eigenvalue weighted by molar-refractivity contribution is -0.120.